The quantitative estimate of drug-likeness (QED) is 0.429. The minimum Gasteiger partial charge on any atom is -0.508 e. The zero-order chi connectivity index (χ0) is 16.9. The molecule has 4 rings (SSSR count). The predicted octanol–water partition coefficient (Wildman–Crippen LogP) is 6.05. The Balaban J connectivity index is 0.000000162. The van der Waals surface area contributed by atoms with Gasteiger partial charge in [-0.05, 0) is 58.6 Å². The van der Waals surface area contributed by atoms with Crippen LogP contribution in [0.2, 0.25) is 5.02 Å². The van der Waals surface area contributed by atoms with Gasteiger partial charge in [0, 0.05) is 10.4 Å². The first-order valence-corrected chi connectivity index (χ1v) is 7.95. The molecule has 0 fully saturated rings. The summed E-state index contributed by atoms with van der Waals surface area (Å²) in [4.78, 5) is 0. The molecular weight excluding hydrogens is 320 g/mol. The van der Waals surface area contributed by atoms with Gasteiger partial charge in [-0.3, -0.25) is 0 Å². The van der Waals surface area contributed by atoms with E-state index in [0.717, 1.165) is 16.2 Å². The molecule has 0 unspecified atom stereocenters. The second kappa shape index (κ2) is 7.24. The summed E-state index contributed by atoms with van der Waals surface area (Å²) < 4.78 is 4.86. The van der Waals surface area contributed by atoms with E-state index in [1.165, 1.54) is 16.2 Å². The molecule has 24 heavy (non-hydrogen) atoms. The van der Waals surface area contributed by atoms with Crippen molar-refractivity contribution >= 4 is 33.1 Å². The highest BCUT2D eigenvalue weighted by Crippen LogP contribution is 2.27. The molecule has 0 amide bonds. The molecule has 0 heterocycles. The Morgan fingerprint density at radius 3 is 2.04 bits per heavy atom. The van der Waals surface area contributed by atoms with Crippen LogP contribution in [0, 0.1) is 0 Å². The van der Waals surface area contributed by atoms with E-state index in [1.54, 1.807) is 31.4 Å². The Bertz CT molecular complexity index is 962. The first-order valence-electron chi connectivity index (χ1n) is 7.57. The van der Waals surface area contributed by atoms with E-state index in [1.807, 2.05) is 18.2 Å². The fourth-order valence-electron chi connectivity index (χ4n) is 2.51. The number of phenols is 1. The summed E-state index contributed by atoms with van der Waals surface area (Å²) >= 11 is 6.16. The van der Waals surface area contributed by atoms with Gasteiger partial charge in [-0.1, -0.05) is 48.0 Å². The molecule has 0 saturated heterocycles. The minimum absolute atomic E-state index is 0.260. The van der Waals surface area contributed by atoms with Crippen LogP contribution in [-0.2, 0) is 0 Å². The molecule has 0 saturated carbocycles. The lowest BCUT2D eigenvalue weighted by atomic mass is 10.0. The van der Waals surface area contributed by atoms with Gasteiger partial charge in [0.15, 0.2) is 0 Å². The summed E-state index contributed by atoms with van der Waals surface area (Å²) in [7, 11) is 1.59. The molecule has 0 bridgehead atoms. The highest BCUT2D eigenvalue weighted by atomic mass is 35.5. The van der Waals surface area contributed by atoms with Crippen LogP contribution in [0.25, 0.3) is 21.5 Å². The Labute approximate surface area is 145 Å². The van der Waals surface area contributed by atoms with Gasteiger partial charge in [0.1, 0.15) is 11.5 Å². The normalized spacial score (nSPS) is 10.2. The maximum atomic E-state index is 8.80. The third kappa shape index (κ3) is 3.61. The van der Waals surface area contributed by atoms with E-state index in [-0.39, 0.29) is 5.75 Å². The molecule has 0 aliphatic carbocycles. The van der Waals surface area contributed by atoms with Crippen molar-refractivity contribution < 1.29 is 9.84 Å². The summed E-state index contributed by atoms with van der Waals surface area (Å²) in [5, 5.41) is 14.4. The van der Waals surface area contributed by atoms with E-state index >= 15 is 0 Å². The van der Waals surface area contributed by atoms with Gasteiger partial charge in [-0.15, -0.1) is 0 Å². The molecule has 120 valence electrons. The molecule has 0 radical (unpaired) electrons. The average Bonchev–Trinajstić information content (AvgIpc) is 2.62. The summed E-state index contributed by atoms with van der Waals surface area (Å²) in [5.41, 5.74) is 0. The predicted molar refractivity (Wildman–Crippen MR) is 101 cm³/mol. The number of hydrogen-bond acceptors (Lipinski definition) is 2. The largest absolute Gasteiger partial charge is 0.508 e. The zero-order valence-corrected chi connectivity index (χ0v) is 14.0. The fourth-order valence-corrected chi connectivity index (χ4v) is 2.75. The Kier molecular flexibility index (Phi) is 4.88. The van der Waals surface area contributed by atoms with Gasteiger partial charge in [0.05, 0.1) is 7.11 Å². The van der Waals surface area contributed by atoms with Crippen molar-refractivity contribution in [2.75, 3.05) is 7.11 Å². The number of ether oxygens (including phenoxy) is 1. The summed E-state index contributed by atoms with van der Waals surface area (Å²) in [6, 6.07) is 25.2. The molecule has 0 aromatic heterocycles. The number of halogens is 1. The monoisotopic (exact) mass is 336 g/mol. The van der Waals surface area contributed by atoms with Crippen LogP contribution < -0.4 is 4.74 Å². The molecule has 4 aromatic rings. The Hall–Kier alpha value is -2.71. The van der Waals surface area contributed by atoms with Gasteiger partial charge in [-0.25, -0.2) is 0 Å². The van der Waals surface area contributed by atoms with Crippen molar-refractivity contribution in [1.29, 1.82) is 0 Å². The third-order valence-corrected chi connectivity index (χ3v) is 4.10. The molecule has 4 aromatic carbocycles. The van der Waals surface area contributed by atoms with Crippen molar-refractivity contribution in [3.05, 3.63) is 83.9 Å². The average molecular weight is 337 g/mol. The van der Waals surface area contributed by atoms with Crippen LogP contribution in [0.15, 0.2) is 78.9 Å². The number of fused-ring (bicyclic) bond motifs is 2. The molecule has 0 spiro atoms. The lowest BCUT2D eigenvalue weighted by Crippen LogP contribution is -1.79. The van der Waals surface area contributed by atoms with E-state index in [0.29, 0.717) is 0 Å². The number of phenolic OH excluding ortho intramolecular Hbond substituents is 1. The molecule has 0 aliphatic rings. The van der Waals surface area contributed by atoms with Crippen LogP contribution in [-0.4, -0.2) is 12.2 Å². The van der Waals surface area contributed by atoms with Crippen molar-refractivity contribution in [2.45, 2.75) is 0 Å². The molecule has 3 heteroatoms. The molecule has 0 aliphatic heterocycles. The standard InChI is InChI=1S/C14H9Cl.C7H8O2/c15-14-7-3-6-12-8-10-4-1-2-5-11(10)9-13(12)14;1-9-7-4-2-6(8)3-5-7/h1-9H;2-5,8H,1H3. The van der Waals surface area contributed by atoms with Crippen LogP contribution >= 0.6 is 11.6 Å². The van der Waals surface area contributed by atoms with Gasteiger partial charge in [0.2, 0.25) is 0 Å². The first-order chi connectivity index (χ1) is 11.7. The van der Waals surface area contributed by atoms with Gasteiger partial charge in [-0.2, -0.15) is 0 Å². The minimum atomic E-state index is 0.260. The SMILES string of the molecule is COc1ccc(O)cc1.Clc1cccc2cc3ccccc3cc12. The summed E-state index contributed by atoms with van der Waals surface area (Å²) in [6.45, 7) is 0. The zero-order valence-electron chi connectivity index (χ0n) is 13.2. The summed E-state index contributed by atoms with van der Waals surface area (Å²) in [6.07, 6.45) is 0. The summed E-state index contributed by atoms with van der Waals surface area (Å²) in [5.74, 6) is 1.02. The van der Waals surface area contributed by atoms with Crippen LogP contribution in [0.4, 0.5) is 0 Å². The molecule has 0 atom stereocenters. The smallest absolute Gasteiger partial charge is 0.119 e. The maximum Gasteiger partial charge on any atom is 0.119 e. The van der Waals surface area contributed by atoms with E-state index < -0.39 is 0 Å². The number of methoxy groups -OCH3 is 1. The van der Waals surface area contributed by atoms with Crippen molar-refractivity contribution in [1.82, 2.24) is 0 Å². The lowest BCUT2D eigenvalue weighted by Gasteiger charge is -2.03. The van der Waals surface area contributed by atoms with Crippen molar-refractivity contribution in [3.63, 3.8) is 0 Å². The third-order valence-electron chi connectivity index (χ3n) is 3.77. The number of rotatable bonds is 1. The maximum absolute atomic E-state index is 8.80. The Morgan fingerprint density at radius 2 is 1.38 bits per heavy atom. The van der Waals surface area contributed by atoms with E-state index in [9.17, 15) is 0 Å². The lowest BCUT2D eigenvalue weighted by molar-refractivity contribution is 0.412. The van der Waals surface area contributed by atoms with Gasteiger partial charge >= 0.3 is 0 Å². The Morgan fingerprint density at radius 1 is 0.750 bits per heavy atom. The molecule has 2 nitrogen and oxygen atoms in total. The highest BCUT2D eigenvalue weighted by Gasteiger charge is 2.00. The number of aromatic hydroxyl groups is 1. The molecular formula is C21H17ClO2. The van der Waals surface area contributed by atoms with Crippen molar-refractivity contribution in [2.24, 2.45) is 0 Å². The second-order valence-electron chi connectivity index (χ2n) is 5.36. The van der Waals surface area contributed by atoms with Crippen molar-refractivity contribution in [3.8, 4) is 11.5 Å². The van der Waals surface area contributed by atoms with Crippen LogP contribution in [0.1, 0.15) is 0 Å². The number of hydrogen-bond donors (Lipinski definition) is 1. The topological polar surface area (TPSA) is 29.5 Å². The second-order valence-corrected chi connectivity index (χ2v) is 5.77. The molecule has 1 N–H and O–H groups in total. The fraction of sp³-hybridized carbons (Fsp3) is 0.0476. The van der Waals surface area contributed by atoms with Gasteiger partial charge < -0.3 is 9.84 Å². The van der Waals surface area contributed by atoms with Crippen LogP contribution in [0.5, 0.6) is 11.5 Å². The van der Waals surface area contributed by atoms with Gasteiger partial charge in [0.25, 0.3) is 0 Å². The number of benzene rings is 4. The highest BCUT2D eigenvalue weighted by molar-refractivity contribution is 6.35. The van der Waals surface area contributed by atoms with E-state index in [4.69, 9.17) is 21.4 Å². The first kappa shape index (κ1) is 16.2. The van der Waals surface area contributed by atoms with Crippen LogP contribution in [0.3, 0.4) is 0 Å². The van der Waals surface area contributed by atoms with E-state index in [2.05, 4.69) is 36.4 Å².